The maximum Gasteiger partial charge on any atom is 0.356 e. The second-order valence-electron chi connectivity index (χ2n) is 9.83. The van der Waals surface area contributed by atoms with Gasteiger partial charge in [0, 0.05) is 23.5 Å². The molecule has 6 rings (SSSR count). The zero-order valence-corrected chi connectivity index (χ0v) is 23.9. The van der Waals surface area contributed by atoms with Crippen molar-refractivity contribution in [2.45, 2.75) is 36.1 Å². The van der Waals surface area contributed by atoms with Crippen LogP contribution >= 0.6 is 23.1 Å². The molecule has 10 heteroatoms. The second kappa shape index (κ2) is 10.7. The highest BCUT2D eigenvalue weighted by Gasteiger charge is 2.71. The molecule has 208 valence electrons. The first kappa shape index (κ1) is 27.0. The van der Waals surface area contributed by atoms with Gasteiger partial charge >= 0.3 is 11.9 Å². The zero-order chi connectivity index (χ0) is 28.7. The number of β-lactam (4-membered cyclic amide) rings is 1. The number of carbonyl (C=O) groups excluding carboxylic acids is 4. The molecule has 3 aliphatic heterocycles. The summed E-state index contributed by atoms with van der Waals surface area (Å²) in [5.74, 6) is -2.04. The number of thioether (sulfide) groups is 1. The molecule has 1 saturated heterocycles. The number of esters is 2. The minimum Gasteiger partial charge on any atom is -0.458 e. The Morgan fingerprint density at radius 2 is 1.71 bits per heavy atom. The molecule has 0 radical (unpaired) electrons. The molecule has 8 nitrogen and oxygen atoms in total. The van der Waals surface area contributed by atoms with Crippen LogP contribution in [0.25, 0.3) is 0 Å². The van der Waals surface area contributed by atoms with E-state index in [1.807, 2.05) is 72.1 Å². The predicted octanol–water partition coefficient (Wildman–Crippen LogP) is 4.76. The van der Waals surface area contributed by atoms with Gasteiger partial charge in [-0.3, -0.25) is 14.5 Å². The maximum absolute atomic E-state index is 14.2. The Kier molecular flexibility index (Phi) is 7.04. The first-order valence-corrected chi connectivity index (χ1v) is 14.9. The molecule has 2 bridgehead atoms. The number of fused-ring (bicyclic) bond motifs is 4. The average molecular weight is 587 g/mol. The standard InChI is InChI=1S/C31H26N2O6S2/c1-3-10-23(35)38-17-22-24(28(36)39-25(19-11-6-4-7-12-19)20-13-8-5-9-14-20)33-29(37)31(32-18(2)34)27-21(15-16-40-27)26(22)41-30(31)33/h3-16,25-26,30H,17H2,1-2H3,(H,32,34)/t26?,30-,31+/m0/s1. The summed E-state index contributed by atoms with van der Waals surface area (Å²) in [6.45, 7) is 2.88. The Hall–Kier alpha value is -4.15. The quantitative estimate of drug-likeness (QED) is 0.231. The fourth-order valence-corrected chi connectivity index (χ4v) is 8.63. The molecular weight excluding hydrogens is 560 g/mol. The van der Waals surface area contributed by atoms with Gasteiger partial charge in [0.05, 0.1) is 5.25 Å². The van der Waals surface area contributed by atoms with E-state index >= 15 is 0 Å². The van der Waals surface area contributed by atoms with Crippen LogP contribution in [0.4, 0.5) is 0 Å². The van der Waals surface area contributed by atoms with Gasteiger partial charge in [0.15, 0.2) is 11.6 Å². The van der Waals surface area contributed by atoms with Crippen LogP contribution in [0.5, 0.6) is 0 Å². The van der Waals surface area contributed by atoms with Gasteiger partial charge in [0.1, 0.15) is 17.7 Å². The smallest absolute Gasteiger partial charge is 0.356 e. The molecule has 0 aliphatic carbocycles. The number of amides is 2. The Balaban J connectivity index is 1.46. The molecule has 41 heavy (non-hydrogen) atoms. The Labute approximate surface area is 245 Å². The molecule has 0 spiro atoms. The van der Waals surface area contributed by atoms with Crippen molar-refractivity contribution in [2.24, 2.45) is 0 Å². The SMILES string of the molecule is CC=CC(=O)OCC1=C(C(=O)OC(c2ccccc2)c2ccccc2)N2C(=O)[C@]3(NC(C)=O)c4sccc4C1S[C@H]23. The Morgan fingerprint density at radius 3 is 2.32 bits per heavy atom. The number of thiophene rings is 1. The number of nitrogens with one attached hydrogen (secondary N) is 1. The monoisotopic (exact) mass is 586 g/mol. The molecule has 1 N–H and O–H groups in total. The van der Waals surface area contributed by atoms with E-state index in [2.05, 4.69) is 5.32 Å². The molecule has 3 aliphatic rings. The van der Waals surface area contributed by atoms with Crippen LogP contribution in [-0.2, 0) is 34.2 Å². The van der Waals surface area contributed by atoms with Gasteiger partial charge in [0.25, 0.3) is 5.91 Å². The number of allylic oxidation sites excluding steroid dienone is 1. The largest absolute Gasteiger partial charge is 0.458 e. The number of hydrogen-bond acceptors (Lipinski definition) is 8. The fraction of sp³-hybridized carbons (Fsp3) is 0.226. The van der Waals surface area contributed by atoms with Crippen molar-refractivity contribution in [3.63, 3.8) is 0 Å². The van der Waals surface area contributed by atoms with E-state index in [0.29, 0.717) is 5.57 Å². The van der Waals surface area contributed by atoms with Crippen molar-refractivity contribution in [1.29, 1.82) is 0 Å². The van der Waals surface area contributed by atoms with Gasteiger partial charge in [-0.25, -0.2) is 9.59 Å². The zero-order valence-electron chi connectivity index (χ0n) is 22.2. The lowest BCUT2D eigenvalue weighted by molar-refractivity contribution is -0.162. The molecule has 3 atom stereocenters. The van der Waals surface area contributed by atoms with Crippen molar-refractivity contribution in [3.8, 4) is 0 Å². The lowest BCUT2D eigenvalue weighted by atomic mass is 9.78. The van der Waals surface area contributed by atoms with Crippen LogP contribution in [0.2, 0.25) is 0 Å². The van der Waals surface area contributed by atoms with E-state index < -0.39 is 34.9 Å². The number of rotatable bonds is 8. The lowest BCUT2D eigenvalue weighted by Crippen LogP contribution is -2.78. The minimum absolute atomic E-state index is 0.0479. The summed E-state index contributed by atoms with van der Waals surface area (Å²) in [6, 6.07) is 20.6. The van der Waals surface area contributed by atoms with E-state index in [1.54, 1.807) is 13.0 Å². The molecule has 3 aromatic rings. The fourth-order valence-electron chi connectivity index (χ4n) is 5.62. The molecule has 0 saturated carbocycles. The number of ether oxygens (including phenoxy) is 2. The summed E-state index contributed by atoms with van der Waals surface area (Å²) >= 11 is 2.84. The molecule has 1 unspecified atom stereocenters. The lowest BCUT2D eigenvalue weighted by Gasteiger charge is -2.61. The number of hydrogen-bond donors (Lipinski definition) is 1. The van der Waals surface area contributed by atoms with E-state index in [1.165, 1.54) is 41.0 Å². The van der Waals surface area contributed by atoms with Gasteiger partial charge in [-0.15, -0.1) is 23.1 Å². The summed E-state index contributed by atoms with van der Waals surface area (Å²) in [6.07, 6.45) is 2.12. The van der Waals surface area contributed by atoms with Crippen LogP contribution in [-0.4, -0.2) is 40.6 Å². The third-order valence-electron chi connectivity index (χ3n) is 7.29. The van der Waals surface area contributed by atoms with Crippen molar-refractivity contribution in [2.75, 3.05) is 6.61 Å². The third kappa shape index (κ3) is 4.38. The summed E-state index contributed by atoms with van der Waals surface area (Å²) in [5.41, 5.74) is 1.59. The second-order valence-corrected chi connectivity index (χ2v) is 11.9. The van der Waals surface area contributed by atoms with Gasteiger partial charge in [-0.05, 0) is 35.1 Å². The van der Waals surface area contributed by atoms with Crippen LogP contribution in [0.1, 0.15) is 46.8 Å². The normalized spacial score (nSPS) is 22.3. The topological polar surface area (TPSA) is 102 Å². The first-order valence-electron chi connectivity index (χ1n) is 13.1. The van der Waals surface area contributed by atoms with E-state index in [0.717, 1.165) is 21.6 Å². The molecule has 4 heterocycles. The Morgan fingerprint density at radius 1 is 1.05 bits per heavy atom. The van der Waals surface area contributed by atoms with Crippen molar-refractivity contribution >= 4 is 46.9 Å². The summed E-state index contributed by atoms with van der Waals surface area (Å²) < 4.78 is 11.7. The summed E-state index contributed by atoms with van der Waals surface area (Å²) in [4.78, 5) is 55.0. The van der Waals surface area contributed by atoms with Gasteiger partial charge in [-0.1, -0.05) is 66.7 Å². The predicted molar refractivity (Wildman–Crippen MR) is 154 cm³/mol. The molecular formula is C31H26N2O6S2. The molecule has 2 amide bonds. The summed E-state index contributed by atoms with van der Waals surface area (Å²) in [7, 11) is 0. The van der Waals surface area contributed by atoms with E-state index in [9.17, 15) is 19.2 Å². The van der Waals surface area contributed by atoms with Crippen LogP contribution in [0.15, 0.2) is 95.5 Å². The van der Waals surface area contributed by atoms with Crippen molar-refractivity contribution < 1.29 is 28.7 Å². The van der Waals surface area contributed by atoms with Crippen LogP contribution in [0.3, 0.4) is 0 Å². The number of benzene rings is 2. The van der Waals surface area contributed by atoms with Crippen molar-refractivity contribution in [3.05, 3.63) is 117 Å². The highest BCUT2D eigenvalue weighted by molar-refractivity contribution is 8.00. The third-order valence-corrected chi connectivity index (χ3v) is 9.99. The van der Waals surface area contributed by atoms with Crippen LogP contribution < -0.4 is 5.32 Å². The van der Waals surface area contributed by atoms with Crippen LogP contribution in [0, 0.1) is 0 Å². The molecule has 2 aromatic carbocycles. The van der Waals surface area contributed by atoms with Gasteiger partial charge < -0.3 is 14.8 Å². The maximum atomic E-state index is 14.2. The molecule has 1 aromatic heterocycles. The van der Waals surface area contributed by atoms with E-state index in [-0.39, 0.29) is 23.5 Å². The van der Waals surface area contributed by atoms with Gasteiger partial charge in [0.2, 0.25) is 5.91 Å². The highest BCUT2D eigenvalue weighted by atomic mass is 32.2. The van der Waals surface area contributed by atoms with Gasteiger partial charge in [-0.2, -0.15) is 0 Å². The molecule has 1 fully saturated rings. The first-order chi connectivity index (χ1) is 19.9. The van der Waals surface area contributed by atoms with E-state index in [4.69, 9.17) is 9.47 Å². The Bertz CT molecular complexity index is 1560. The average Bonchev–Trinajstić information content (AvgIpc) is 3.47. The number of nitrogens with zero attached hydrogens (tertiary/aromatic N) is 1. The summed E-state index contributed by atoms with van der Waals surface area (Å²) in [5, 5.41) is 3.83. The number of carbonyl (C=O) groups is 4. The highest BCUT2D eigenvalue weighted by Crippen LogP contribution is 2.64. The minimum atomic E-state index is -1.27. The van der Waals surface area contributed by atoms with Crippen molar-refractivity contribution in [1.82, 2.24) is 10.2 Å².